The molecule has 2 rings (SSSR count). The van der Waals surface area contributed by atoms with Crippen molar-refractivity contribution in [2.75, 3.05) is 20.6 Å². The van der Waals surface area contributed by atoms with E-state index in [0.717, 1.165) is 10.5 Å². The van der Waals surface area contributed by atoms with E-state index in [-0.39, 0.29) is 11.9 Å². The Morgan fingerprint density at radius 2 is 2.12 bits per heavy atom. The molecule has 0 aliphatic carbocycles. The smallest absolute Gasteiger partial charge is 0.269 e. The van der Waals surface area contributed by atoms with Crippen LogP contribution in [0.3, 0.4) is 0 Å². The molecule has 1 fully saturated rings. The number of amidine groups is 1. The summed E-state index contributed by atoms with van der Waals surface area (Å²) in [6, 6.07) is -0.852. The van der Waals surface area contributed by atoms with E-state index in [1.807, 2.05) is 6.92 Å². The van der Waals surface area contributed by atoms with Gasteiger partial charge in [-0.2, -0.15) is 0 Å². The maximum absolute atomic E-state index is 12.1. The monoisotopic (exact) mass is 235 g/mol. The first-order chi connectivity index (χ1) is 7.93. The average molecular weight is 235 g/mol. The van der Waals surface area contributed by atoms with E-state index in [9.17, 15) is 9.59 Å². The molecule has 0 aromatic rings. The van der Waals surface area contributed by atoms with E-state index >= 15 is 0 Å². The van der Waals surface area contributed by atoms with Crippen LogP contribution in [0, 0.1) is 0 Å². The van der Waals surface area contributed by atoms with E-state index in [4.69, 9.17) is 0 Å². The van der Waals surface area contributed by atoms with Gasteiger partial charge in [0.2, 0.25) is 0 Å². The zero-order valence-electron chi connectivity index (χ0n) is 10.2. The van der Waals surface area contributed by atoms with Gasteiger partial charge in [-0.15, -0.1) is 0 Å². The molecule has 6 heteroatoms. The molecular formula is C11H15N4O2+. The van der Waals surface area contributed by atoms with Crippen LogP contribution in [0.25, 0.3) is 0 Å². The van der Waals surface area contributed by atoms with Crippen molar-refractivity contribution in [1.82, 2.24) is 9.80 Å². The normalized spacial score (nSPS) is 23.6. The molecule has 0 bridgehead atoms. The summed E-state index contributed by atoms with van der Waals surface area (Å²) < 4.78 is 1.79. The lowest BCUT2D eigenvalue weighted by Gasteiger charge is -2.30. The van der Waals surface area contributed by atoms with Crippen LogP contribution in [0.5, 0.6) is 0 Å². The highest BCUT2D eigenvalue weighted by atomic mass is 16.2. The predicted molar refractivity (Wildman–Crippen MR) is 63.2 cm³/mol. The number of hydrogen-bond acceptors (Lipinski definition) is 3. The molecule has 0 spiro atoms. The maximum Gasteiger partial charge on any atom is 0.333 e. The fraction of sp³-hybridized carbons (Fsp3) is 0.455. The van der Waals surface area contributed by atoms with Gasteiger partial charge in [-0.1, -0.05) is 6.58 Å². The topological polar surface area (TPSA) is 56.0 Å². The fourth-order valence-corrected chi connectivity index (χ4v) is 1.99. The number of imide groups is 1. The van der Waals surface area contributed by atoms with E-state index in [2.05, 4.69) is 11.6 Å². The zero-order chi connectivity index (χ0) is 12.7. The van der Waals surface area contributed by atoms with Gasteiger partial charge in [0, 0.05) is 14.1 Å². The summed E-state index contributed by atoms with van der Waals surface area (Å²) in [6.45, 7) is 6.26. The predicted octanol–water partition coefficient (Wildman–Crippen LogP) is -0.0922. The van der Waals surface area contributed by atoms with Crippen molar-refractivity contribution in [1.29, 1.82) is 0 Å². The Bertz CT molecular complexity index is 478. The molecule has 0 aromatic carbocycles. The van der Waals surface area contributed by atoms with E-state index in [0.29, 0.717) is 12.4 Å². The standard InChI is InChI=1S/C11H15N4O2/c1-7(2)5-15-6-12-9-8(15)10(16)14(4)11(17)13(9)3/h6,8H,1,5H2,2-4H3/q+1. The molecular weight excluding hydrogens is 220 g/mol. The first-order valence-electron chi connectivity index (χ1n) is 5.30. The van der Waals surface area contributed by atoms with Gasteiger partial charge in [0.1, 0.15) is 6.54 Å². The lowest BCUT2D eigenvalue weighted by atomic mass is 10.1. The number of fused-ring (bicyclic) bond motifs is 1. The summed E-state index contributed by atoms with van der Waals surface area (Å²) in [5.41, 5.74) is 0.938. The van der Waals surface area contributed by atoms with Gasteiger partial charge in [0.25, 0.3) is 24.1 Å². The Hall–Kier alpha value is -1.98. The summed E-state index contributed by atoms with van der Waals surface area (Å²) in [6.07, 6.45) is 1.59. The number of rotatable bonds is 2. The number of likely N-dealkylation sites (N-methyl/N-ethyl adjacent to an activating group) is 2. The van der Waals surface area contributed by atoms with Gasteiger partial charge >= 0.3 is 6.03 Å². The number of aliphatic imine (C=N–C) groups is 1. The van der Waals surface area contributed by atoms with Gasteiger partial charge in [0.05, 0.1) is 0 Å². The number of carbonyl (C=O) groups is 2. The van der Waals surface area contributed by atoms with Crippen LogP contribution in [0.15, 0.2) is 17.1 Å². The highest BCUT2D eigenvalue weighted by Gasteiger charge is 2.50. The summed E-state index contributed by atoms with van der Waals surface area (Å²) >= 11 is 0. The second-order valence-electron chi connectivity index (χ2n) is 4.37. The third kappa shape index (κ3) is 1.65. The molecule has 1 saturated heterocycles. The van der Waals surface area contributed by atoms with Crippen molar-refractivity contribution >= 4 is 24.1 Å². The SMILES string of the molecule is C=C(C)C[N+]1=CN=C2C1C(=O)N(C)C(=O)N2C. The molecule has 0 saturated carbocycles. The molecule has 2 aliphatic rings. The molecule has 1 unspecified atom stereocenters. The van der Waals surface area contributed by atoms with Crippen LogP contribution in [0.4, 0.5) is 4.79 Å². The maximum atomic E-state index is 12.1. The van der Waals surface area contributed by atoms with Crippen LogP contribution in [0.1, 0.15) is 6.92 Å². The van der Waals surface area contributed by atoms with Gasteiger partial charge in [0.15, 0.2) is 0 Å². The molecule has 1 atom stereocenters. The summed E-state index contributed by atoms with van der Waals surface area (Å²) in [7, 11) is 3.10. The molecule has 2 aliphatic heterocycles. The Morgan fingerprint density at radius 3 is 2.71 bits per heavy atom. The quantitative estimate of drug-likeness (QED) is 0.496. The number of urea groups is 1. The van der Waals surface area contributed by atoms with Gasteiger partial charge in [-0.25, -0.2) is 9.37 Å². The zero-order valence-corrected chi connectivity index (χ0v) is 10.2. The lowest BCUT2D eigenvalue weighted by Crippen LogP contribution is -2.61. The van der Waals surface area contributed by atoms with E-state index < -0.39 is 6.04 Å². The summed E-state index contributed by atoms with van der Waals surface area (Å²) in [5.74, 6) is 0.237. The minimum Gasteiger partial charge on any atom is -0.269 e. The highest BCUT2D eigenvalue weighted by Crippen LogP contribution is 2.16. The largest absolute Gasteiger partial charge is 0.333 e. The van der Waals surface area contributed by atoms with Gasteiger partial charge in [-0.05, 0) is 17.5 Å². The van der Waals surface area contributed by atoms with Crippen LogP contribution < -0.4 is 0 Å². The molecule has 3 amide bonds. The molecule has 0 radical (unpaired) electrons. The van der Waals surface area contributed by atoms with Crippen molar-refractivity contribution < 1.29 is 14.2 Å². The van der Waals surface area contributed by atoms with Crippen molar-refractivity contribution in [3.63, 3.8) is 0 Å². The van der Waals surface area contributed by atoms with Crippen LogP contribution >= 0.6 is 0 Å². The Kier molecular flexibility index (Phi) is 2.57. The van der Waals surface area contributed by atoms with Gasteiger partial charge < -0.3 is 0 Å². The molecule has 0 aromatic heterocycles. The fourth-order valence-electron chi connectivity index (χ4n) is 1.99. The highest BCUT2D eigenvalue weighted by molar-refractivity contribution is 6.21. The van der Waals surface area contributed by atoms with Crippen molar-refractivity contribution in [3.05, 3.63) is 12.2 Å². The van der Waals surface area contributed by atoms with E-state index in [1.54, 1.807) is 18.0 Å². The summed E-state index contributed by atoms with van der Waals surface area (Å²) in [5, 5.41) is 0. The molecule has 0 N–H and O–H groups in total. The molecule has 6 nitrogen and oxygen atoms in total. The van der Waals surface area contributed by atoms with E-state index in [1.165, 1.54) is 11.9 Å². The molecule has 2 heterocycles. The number of nitrogens with zero attached hydrogens (tertiary/aromatic N) is 4. The molecule has 90 valence electrons. The Labute approximate surface area is 99.5 Å². The second-order valence-corrected chi connectivity index (χ2v) is 4.37. The average Bonchev–Trinajstić information content (AvgIpc) is 2.66. The van der Waals surface area contributed by atoms with Crippen LogP contribution in [0.2, 0.25) is 0 Å². The third-order valence-corrected chi connectivity index (χ3v) is 2.85. The first kappa shape index (κ1) is 11.5. The third-order valence-electron chi connectivity index (χ3n) is 2.85. The Balaban J connectivity index is 2.32. The first-order valence-corrected chi connectivity index (χ1v) is 5.30. The minimum absolute atomic E-state index is 0.248. The number of carbonyl (C=O) groups excluding carboxylic acids is 2. The Morgan fingerprint density at radius 1 is 1.47 bits per heavy atom. The van der Waals surface area contributed by atoms with Crippen LogP contribution in [-0.4, -0.2) is 65.2 Å². The minimum atomic E-state index is -0.501. The summed E-state index contributed by atoms with van der Waals surface area (Å²) in [4.78, 5) is 30.4. The lowest BCUT2D eigenvalue weighted by molar-refractivity contribution is -0.523. The second kappa shape index (κ2) is 3.80. The van der Waals surface area contributed by atoms with Crippen molar-refractivity contribution in [2.45, 2.75) is 13.0 Å². The van der Waals surface area contributed by atoms with Crippen molar-refractivity contribution in [3.8, 4) is 0 Å². The van der Waals surface area contributed by atoms with Crippen LogP contribution in [-0.2, 0) is 4.79 Å². The van der Waals surface area contributed by atoms with Gasteiger partial charge in [-0.3, -0.25) is 14.6 Å². The van der Waals surface area contributed by atoms with Crippen molar-refractivity contribution in [2.24, 2.45) is 4.99 Å². The molecule has 17 heavy (non-hydrogen) atoms. The number of hydrogen-bond donors (Lipinski definition) is 0. The number of amides is 3.